The topological polar surface area (TPSA) is 38.4 Å². The highest BCUT2D eigenvalue weighted by Crippen LogP contribution is 1.83. The first-order valence-electron chi connectivity index (χ1n) is 2.97. The van der Waals surface area contributed by atoms with Gasteiger partial charge in [0.05, 0.1) is 6.54 Å². The highest BCUT2D eigenvalue weighted by Gasteiger charge is 1.81. The molecule has 0 amide bonds. The number of nitrogens with zero attached hydrogens (tertiary/aromatic N) is 1. The summed E-state index contributed by atoms with van der Waals surface area (Å²) >= 11 is 0. The summed E-state index contributed by atoms with van der Waals surface area (Å²) in [7, 11) is 0. The van der Waals surface area contributed by atoms with Crippen molar-refractivity contribution >= 4 is 6.21 Å². The Bertz CT molecular complexity index is 66.9. The fraction of sp³-hybridized carbons (Fsp3) is 0.833. The van der Waals surface area contributed by atoms with Gasteiger partial charge in [-0.15, -0.1) is 0 Å². The molecule has 0 aliphatic rings. The average molecular weight is 114 g/mol. The third kappa shape index (κ3) is 5.63. The van der Waals surface area contributed by atoms with Crippen molar-refractivity contribution in [3.05, 3.63) is 0 Å². The maximum absolute atomic E-state index is 5.20. The minimum absolute atomic E-state index is 0.557. The SMILES string of the molecule is CC(C)C=NCCN. The Morgan fingerprint density at radius 3 is 2.62 bits per heavy atom. The van der Waals surface area contributed by atoms with Crippen LogP contribution in [0.5, 0.6) is 0 Å². The van der Waals surface area contributed by atoms with Crippen molar-refractivity contribution in [3.63, 3.8) is 0 Å². The zero-order valence-corrected chi connectivity index (χ0v) is 5.59. The summed E-state index contributed by atoms with van der Waals surface area (Å²) in [5, 5.41) is 0. The largest absolute Gasteiger partial charge is 0.329 e. The molecule has 0 saturated heterocycles. The molecule has 0 aromatic rings. The molecule has 0 aromatic heterocycles. The van der Waals surface area contributed by atoms with Crippen LogP contribution < -0.4 is 5.73 Å². The molecule has 0 aromatic carbocycles. The van der Waals surface area contributed by atoms with Crippen LogP contribution in [0.15, 0.2) is 4.99 Å². The summed E-state index contributed by atoms with van der Waals surface area (Å²) < 4.78 is 0. The Balaban J connectivity index is 3.07. The third-order valence-electron chi connectivity index (χ3n) is 0.662. The standard InChI is InChI=1S/C6H14N2/c1-6(2)5-8-4-3-7/h5-6H,3-4,7H2,1-2H3. The van der Waals surface area contributed by atoms with Gasteiger partial charge < -0.3 is 5.73 Å². The predicted molar refractivity (Wildman–Crippen MR) is 37.3 cm³/mol. The summed E-state index contributed by atoms with van der Waals surface area (Å²) in [5.41, 5.74) is 5.20. The minimum Gasteiger partial charge on any atom is -0.329 e. The summed E-state index contributed by atoms with van der Waals surface area (Å²) in [5.74, 6) is 0.557. The van der Waals surface area contributed by atoms with E-state index in [9.17, 15) is 0 Å². The van der Waals surface area contributed by atoms with Crippen molar-refractivity contribution in [1.82, 2.24) is 0 Å². The zero-order valence-electron chi connectivity index (χ0n) is 5.59. The van der Waals surface area contributed by atoms with Crippen LogP contribution in [0, 0.1) is 5.92 Å². The lowest BCUT2D eigenvalue weighted by Crippen LogP contribution is -2.03. The fourth-order valence-corrected chi connectivity index (χ4v) is 0.360. The molecule has 0 heterocycles. The molecule has 0 radical (unpaired) electrons. The van der Waals surface area contributed by atoms with Gasteiger partial charge in [-0.1, -0.05) is 13.8 Å². The number of aliphatic imine (C=N–C) groups is 1. The van der Waals surface area contributed by atoms with Crippen LogP contribution >= 0.6 is 0 Å². The van der Waals surface area contributed by atoms with Gasteiger partial charge in [0.2, 0.25) is 0 Å². The second-order valence-electron chi connectivity index (χ2n) is 2.09. The number of nitrogens with two attached hydrogens (primary N) is 1. The first-order chi connectivity index (χ1) is 3.77. The molecule has 48 valence electrons. The molecule has 0 unspecified atom stereocenters. The second kappa shape index (κ2) is 4.78. The molecule has 2 nitrogen and oxygen atoms in total. The quantitative estimate of drug-likeness (QED) is 0.538. The van der Waals surface area contributed by atoms with Crippen LogP contribution in [0.1, 0.15) is 13.8 Å². The van der Waals surface area contributed by atoms with E-state index < -0.39 is 0 Å². The molecular weight excluding hydrogens is 100 g/mol. The molecule has 0 rings (SSSR count). The maximum Gasteiger partial charge on any atom is 0.0508 e. The van der Waals surface area contributed by atoms with Crippen LogP contribution in [0.4, 0.5) is 0 Å². The second-order valence-corrected chi connectivity index (χ2v) is 2.09. The summed E-state index contributed by atoms with van der Waals surface area (Å²) in [6.07, 6.45) is 1.92. The van der Waals surface area contributed by atoms with Gasteiger partial charge in [0.1, 0.15) is 0 Å². The smallest absolute Gasteiger partial charge is 0.0508 e. The fourth-order valence-electron chi connectivity index (χ4n) is 0.360. The van der Waals surface area contributed by atoms with Crippen molar-refractivity contribution in [1.29, 1.82) is 0 Å². The van der Waals surface area contributed by atoms with Gasteiger partial charge in [0.15, 0.2) is 0 Å². The molecule has 8 heavy (non-hydrogen) atoms. The van der Waals surface area contributed by atoms with Crippen molar-refractivity contribution in [2.75, 3.05) is 13.1 Å². The minimum atomic E-state index is 0.557. The first kappa shape index (κ1) is 7.63. The van der Waals surface area contributed by atoms with Gasteiger partial charge in [-0.05, 0) is 5.92 Å². The number of hydrogen-bond donors (Lipinski definition) is 1. The van der Waals surface area contributed by atoms with Crippen molar-refractivity contribution in [2.24, 2.45) is 16.6 Å². The molecule has 0 bridgehead atoms. The Hall–Kier alpha value is -0.370. The van der Waals surface area contributed by atoms with Crippen molar-refractivity contribution < 1.29 is 0 Å². The summed E-state index contributed by atoms with van der Waals surface area (Å²) in [6.45, 7) is 5.61. The van der Waals surface area contributed by atoms with Crippen LogP contribution in [-0.2, 0) is 0 Å². The summed E-state index contributed by atoms with van der Waals surface area (Å²) in [6, 6.07) is 0. The number of hydrogen-bond acceptors (Lipinski definition) is 2. The Morgan fingerprint density at radius 2 is 2.25 bits per heavy atom. The van der Waals surface area contributed by atoms with Gasteiger partial charge >= 0.3 is 0 Å². The lowest BCUT2D eigenvalue weighted by molar-refractivity contribution is 0.885. The van der Waals surface area contributed by atoms with Gasteiger partial charge in [-0.2, -0.15) is 0 Å². The Morgan fingerprint density at radius 1 is 1.62 bits per heavy atom. The average Bonchev–Trinajstić information content (AvgIpc) is 1.66. The van der Waals surface area contributed by atoms with E-state index in [0.29, 0.717) is 12.5 Å². The first-order valence-corrected chi connectivity index (χ1v) is 2.97. The number of rotatable bonds is 3. The van der Waals surface area contributed by atoms with Gasteiger partial charge in [0.25, 0.3) is 0 Å². The van der Waals surface area contributed by atoms with Crippen molar-refractivity contribution in [3.8, 4) is 0 Å². The van der Waals surface area contributed by atoms with Gasteiger partial charge in [0, 0.05) is 12.8 Å². The lowest BCUT2D eigenvalue weighted by Gasteiger charge is -1.90. The highest BCUT2D eigenvalue weighted by atomic mass is 14.7. The Labute approximate surface area is 50.8 Å². The molecule has 0 saturated carbocycles. The Kier molecular flexibility index (Phi) is 4.56. The van der Waals surface area contributed by atoms with Crippen LogP contribution in [-0.4, -0.2) is 19.3 Å². The molecule has 0 atom stereocenters. The highest BCUT2D eigenvalue weighted by molar-refractivity contribution is 5.59. The van der Waals surface area contributed by atoms with E-state index in [1.807, 2.05) is 6.21 Å². The van der Waals surface area contributed by atoms with E-state index in [0.717, 1.165) is 6.54 Å². The third-order valence-corrected chi connectivity index (χ3v) is 0.662. The van der Waals surface area contributed by atoms with Crippen LogP contribution in [0.25, 0.3) is 0 Å². The maximum atomic E-state index is 5.20. The summed E-state index contributed by atoms with van der Waals surface area (Å²) in [4.78, 5) is 4.04. The predicted octanol–water partition coefficient (Wildman–Crippen LogP) is 0.672. The normalized spacial score (nSPS) is 11.5. The van der Waals surface area contributed by atoms with E-state index in [1.54, 1.807) is 0 Å². The molecule has 0 spiro atoms. The molecule has 2 heteroatoms. The molecular formula is C6H14N2. The molecule has 2 N–H and O–H groups in total. The molecule has 0 fully saturated rings. The van der Waals surface area contributed by atoms with E-state index >= 15 is 0 Å². The van der Waals surface area contributed by atoms with Crippen LogP contribution in [0.3, 0.4) is 0 Å². The van der Waals surface area contributed by atoms with E-state index in [2.05, 4.69) is 18.8 Å². The van der Waals surface area contributed by atoms with E-state index in [1.165, 1.54) is 0 Å². The van der Waals surface area contributed by atoms with E-state index in [4.69, 9.17) is 5.73 Å². The van der Waals surface area contributed by atoms with Crippen molar-refractivity contribution in [2.45, 2.75) is 13.8 Å². The van der Waals surface area contributed by atoms with Gasteiger partial charge in [-0.3, -0.25) is 4.99 Å². The van der Waals surface area contributed by atoms with Crippen LogP contribution in [0.2, 0.25) is 0 Å². The lowest BCUT2D eigenvalue weighted by atomic mass is 10.2. The monoisotopic (exact) mass is 114 g/mol. The molecule has 0 aliphatic heterocycles. The van der Waals surface area contributed by atoms with Gasteiger partial charge in [-0.25, -0.2) is 0 Å². The zero-order chi connectivity index (χ0) is 6.41. The molecule has 0 aliphatic carbocycles. The van der Waals surface area contributed by atoms with E-state index in [-0.39, 0.29) is 0 Å².